The van der Waals surface area contributed by atoms with E-state index in [2.05, 4.69) is 10.6 Å². The molecule has 1 aromatic carbocycles. The maximum atomic E-state index is 12.4. The Morgan fingerprint density at radius 1 is 0.966 bits per heavy atom. The summed E-state index contributed by atoms with van der Waals surface area (Å²) >= 11 is 0. The molecule has 0 saturated carbocycles. The van der Waals surface area contributed by atoms with Gasteiger partial charge in [0.1, 0.15) is 17.8 Å². The van der Waals surface area contributed by atoms with E-state index in [0.29, 0.717) is 5.56 Å². The van der Waals surface area contributed by atoms with Crippen LogP contribution in [0, 0.1) is 5.92 Å². The number of amides is 2. The van der Waals surface area contributed by atoms with Crippen molar-refractivity contribution >= 4 is 23.8 Å². The average molecular weight is 409 g/mol. The zero-order valence-electron chi connectivity index (χ0n) is 16.3. The van der Waals surface area contributed by atoms with Gasteiger partial charge in [0.15, 0.2) is 0 Å². The van der Waals surface area contributed by atoms with E-state index in [1.165, 1.54) is 12.1 Å². The number of carboxylic acids is 2. The Kier molecular flexibility index (Phi) is 9.07. The Morgan fingerprint density at radius 2 is 1.52 bits per heavy atom. The van der Waals surface area contributed by atoms with Gasteiger partial charge in [-0.15, -0.1) is 0 Å². The summed E-state index contributed by atoms with van der Waals surface area (Å²) in [5.74, 6) is -4.23. The van der Waals surface area contributed by atoms with E-state index < -0.39 is 48.3 Å². The summed E-state index contributed by atoms with van der Waals surface area (Å²) in [7, 11) is 0. The second-order valence-corrected chi connectivity index (χ2v) is 7.17. The average Bonchev–Trinajstić information content (AvgIpc) is 2.61. The summed E-state index contributed by atoms with van der Waals surface area (Å²) in [6.07, 6.45) is -0.481. The van der Waals surface area contributed by atoms with Gasteiger partial charge in [-0.25, -0.2) is 4.79 Å². The molecule has 3 atom stereocenters. The van der Waals surface area contributed by atoms with Crippen LogP contribution in [0.15, 0.2) is 24.3 Å². The van der Waals surface area contributed by atoms with Gasteiger partial charge in [0.05, 0.1) is 12.5 Å². The molecule has 10 heteroatoms. The lowest BCUT2D eigenvalue weighted by atomic mass is 10.0. The highest BCUT2D eigenvalue weighted by atomic mass is 16.4. The highest BCUT2D eigenvalue weighted by Gasteiger charge is 2.30. The number of nitrogens with two attached hydrogens (primary N) is 1. The van der Waals surface area contributed by atoms with Crippen LogP contribution in [0.3, 0.4) is 0 Å². The number of carboxylic acid groups (broad SMARTS) is 2. The van der Waals surface area contributed by atoms with Crippen molar-refractivity contribution in [1.29, 1.82) is 0 Å². The molecule has 29 heavy (non-hydrogen) atoms. The number of nitrogens with one attached hydrogen (secondary N) is 2. The second-order valence-electron chi connectivity index (χ2n) is 7.17. The zero-order chi connectivity index (χ0) is 22.1. The van der Waals surface area contributed by atoms with Crippen molar-refractivity contribution in [2.75, 3.05) is 0 Å². The van der Waals surface area contributed by atoms with Gasteiger partial charge in [-0.05, 0) is 36.5 Å². The van der Waals surface area contributed by atoms with E-state index in [1.807, 2.05) is 0 Å². The van der Waals surface area contributed by atoms with Crippen LogP contribution in [0.4, 0.5) is 0 Å². The molecule has 0 aromatic heterocycles. The predicted octanol–water partition coefficient (Wildman–Crippen LogP) is -0.163. The quantitative estimate of drug-likeness (QED) is 0.292. The maximum absolute atomic E-state index is 12.4. The predicted molar refractivity (Wildman–Crippen MR) is 103 cm³/mol. The summed E-state index contributed by atoms with van der Waals surface area (Å²) < 4.78 is 0. The van der Waals surface area contributed by atoms with Crippen LogP contribution in [-0.4, -0.2) is 57.2 Å². The fourth-order valence-electron chi connectivity index (χ4n) is 2.61. The van der Waals surface area contributed by atoms with Crippen LogP contribution >= 0.6 is 0 Å². The topological polar surface area (TPSA) is 179 Å². The van der Waals surface area contributed by atoms with Gasteiger partial charge in [0.25, 0.3) is 0 Å². The fourth-order valence-corrected chi connectivity index (χ4v) is 2.61. The summed E-state index contributed by atoms with van der Waals surface area (Å²) in [6.45, 7) is 3.56. The summed E-state index contributed by atoms with van der Waals surface area (Å²) in [4.78, 5) is 47.1. The van der Waals surface area contributed by atoms with Crippen LogP contribution in [0.5, 0.6) is 5.75 Å². The molecule has 0 saturated heterocycles. The number of aliphatic carboxylic acids is 2. The van der Waals surface area contributed by atoms with Crippen LogP contribution in [0.25, 0.3) is 0 Å². The molecule has 1 rings (SSSR count). The molecule has 0 radical (unpaired) electrons. The van der Waals surface area contributed by atoms with Gasteiger partial charge in [0.2, 0.25) is 11.8 Å². The van der Waals surface area contributed by atoms with Crippen molar-refractivity contribution < 1.29 is 34.5 Å². The fraction of sp³-hybridized carbons (Fsp3) is 0.474. The van der Waals surface area contributed by atoms with Crippen molar-refractivity contribution in [3.8, 4) is 5.75 Å². The molecule has 0 fully saturated rings. The molecule has 10 nitrogen and oxygen atoms in total. The zero-order valence-corrected chi connectivity index (χ0v) is 16.3. The maximum Gasteiger partial charge on any atom is 0.326 e. The molecule has 0 unspecified atom stereocenters. The monoisotopic (exact) mass is 409 g/mol. The van der Waals surface area contributed by atoms with Crippen LogP contribution in [0.1, 0.15) is 32.3 Å². The minimum absolute atomic E-state index is 0.0253. The van der Waals surface area contributed by atoms with Crippen molar-refractivity contribution in [2.45, 2.75) is 51.2 Å². The Balaban J connectivity index is 2.81. The number of hydrogen-bond acceptors (Lipinski definition) is 6. The van der Waals surface area contributed by atoms with Gasteiger partial charge in [-0.3, -0.25) is 14.4 Å². The molecule has 0 bridgehead atoms. The van der Waals surface area contributed by atoms with Crippen molar-refractivity contribution in [1.82, 2.24) is 10.6 Å². The first-order valence-electron chi connectivity index (χ1n) is 9.08. The number of rotatable bonds is 11. The first kappa shape index (κ1) is 23.9. The van der Waals surface area contributed by atoms with Gasteiger partial charge >= 0.3 is 11.9 Å². The SMILES string of the molecule is CC(C)C[C@H](NC(=O)[C@H](CC(=O)O)NC(=O)[C@@H](N)Cc1ccc(O)cc1)C(=O)O. The van der Waals surface area contributed by atoms with E-state index in [1.54, 1.807) is 26.0 Å². The minimum Gasteiger partial charge on any atom is -0.508 e. The summed E-state index contributed by atoms with van der Waals surface area (Å²) in [6, 6.07) is 2.26. The minimum atomic E-state index is -1.47. The normalized spacial score (nSPS) is 13.9. The van der Waals surface area contributed by atoms with Gasteiger partial charge < -0.3 is 31.7 Å². The van der Waals surface area contributed by atoms with E-state index in [0.717, 1.165) is 0 Å². The van der Waals surface area contributed by atoms with E-state index >= 15 is 0 Å². The molecule has 0 aliphatic heterocycles. The van der Waals surface area contributed by atoms with Crippen molar-refractivity contribution in [2.24, 2.45) is 11.7 Å². The molecule has 0 heterocycles. The molecule has 160 valence electrons. The smallest absolute Gasteiger partial charge is 0.326 e. The number of phenols is 1. The van der Waals surface area contributed by atoms with E-state index in [4.69, 9.17) is 10.8 Å². The van der Waals surface area contributed by atoms with Crippen LogP contribution in [0.2, 0.25) is 0 Å². The first-order valence-corrected chi connectivity index (χ1v) is 9.08. The number of phenolic OH excluding ortho intramolecular Hbond substituents is 1. The molecular weight excluding hydrogens is 382 g/mol. The number of carbonyl (C=O) groups excluding carboxylic acids is 2. The van der Waals surface area contributed by atoms with Crippen molar-refractivity contribution in [3.05, 3.63) is 29.8 Å². The van der Waals surface area contributed by atoms with Gasteiger partial charge in [0, 0.05) is 0 Å². The number of carbonyl (C=O) groups is 4. The Morgan fingerprint density at radius 3 is 2.00 bits per heavy atom. The highest BCUT2D eigenvalue weighted by molar-refractivity contribution is 5.94. The molecule has 1 aromatic rings. The van der Waals surface area contributed by atoms with Crippen LogP contribution in [-0.2, 0) is 25.6 Å². The van der Waals surface area contributed by atoms with E-state index in [-0.39, 0.29) is 24.5 Å². The molecule has 7 N–H and O–H groups in total. The number of benzene rings is 1. The third-order valence-corrected chi connectivity index (χ3v) is 4.06. The standard InChI is InChI=1S/C19H27N3O7/c1-10(2)7-15(19(28)29)22-18(27)14(9-16(24)25)21-17(26)13(20)8-11-3-5-12(23)6-4-11/h3-6,10,13-15,23H,7-9,20H2,1-2H3,(H,21,26)(H,22,27)(H,24,25)(H,28,29)/t13-,14-,15-/m0/s1. The lowest BCUT2D eigenvalue weighted by Crippen LogP contribution is -2.55. The lowest BCUT2D eigenvalue weighted by Gasteiger charge is -2.22. The molecule has 2 amide bonds. The second kappa shape index (κ2) is 11.0. The number of hydrogen-bond donors (Lipinski definition) is 6. The Labute approximate surface area is 168 Å². The summed E-state index contributed by atoms with van der Waals surface area (Å²) in [5, 5.41) is 32.1. The Hall–Kier alpha value is -3.14. The molecule has 0 aliphatic carbocycles. The van der Waals surface area contributed by atoms with Crippen LogP contribution < -0.4 is 16.4 Å². The van der Waals surface area contributed by atoms with Gasteiger partial charge in [-0.2, -0.15) is 0 Å². The highest BCUT2D eigenvalue weighted by Crippen LogP contribution is 2.11. The molecule has 0 spiro atoms. The van der Waals surface area contributed by atoms with Crippen molar-refractivity contribution in [3.63, 3.8) is 0 Å². The largest absolute Gasteiger partial charge is 0.508 e. The van der Waals surface area contributed by atoms with Gasteiger partial charge in [-0.1, -0.05) is 26.0 Å². The third-order valence-electron chi connectivity index (χ3n) is 4.06. The third kappa shape index (κ3) is 8.60. The Bertz CT molecular complexity index is 734. The number of aromatic hydroxyl groups is 1. The molecule has 0 aliphatic rings. The summed E-state index contributed by atoms with van der Waals surface area (Å²) in [5.41, 5.74) is 6.49. The lowest BCUT2D eigenvalue weighted by molar-refractivity contribution is -0.143. The molecular formula is C19H27N3O7. The van der Waals surface area contributed by atoms with E-state index in [9.17, 15) is 29.4 Å². The first-order chi connectivity index (χ1) is 13.5.